The summed E-state index contributed by atoms with van der Waals surface area (Å²) < 4.78 is 26.7. The molecule has 0 aromatic carbocycles. The number of pyridine rings is 2. The van der Waals surface area contributed by atoms with Crippen LogP contribution in [-0.2, 0) is 4.74 Å². The van der Waals surface area contributed by atoms with Gasteiger partial charge in [0, 0.05) is 24.8 Å². The van der Waals surface area contributed by atoms with Gasteiger partial charge in [-0.1, -0.05) is 0 Å². The average molecular weight is 548 g/mol. The van der Waals surface area contributed by atoms with Gasteiger partial charge in [-0.15, -0.1) is 0 Å². The van der Waals surface area contributed by atoms with Gasteiger partial charge in [0.1, 0.15) is 41.0 Å². The Morgan fingerprint density at radius 3 is 2.67 bits per heavy atom. The monoisotopic (exact) mass is 547 g/mol. The topological polar surface area (TPSA) is 130 Å². The Morgan fingerprint density at radius 2 is 2.08 bits per heavy atom. The third kappa shape index (κ3) is 5.82. The van der Waals surface area contributed by atoms with Gasteiger partial charge >= 0.3 is 0 Å². The molecule has 210 valence electrons. The van der Waals surface area contributed by atoms with Crippen molar-refractivity contribution in [2.45, 2.75) is 37.9 Å². The van der Waals surface area contributed by atoms with Gasteiger partial charge in [-0.3, -0.25) is 19.8 Å². The predicted octanol–water partition coefficient (Wildman–Crippen LogP) is 2.41. The number of rotatable bonds is 9. The van der Waals surface area contributed by atoms with Crippen LogP contribution in [0.3, 0.4) is 0 Å². The van der Waals surface area contributed by atoms with Gasteiger partial charge in [0.15, 0.2) is 0 Å². The number of halogens is 1. The summed E-state index contributed by atoms with van der Waals surface area (Å²) in [5, 5.41) is 18.2. The number of likely N-dealkylation sites (N-methyl/N-ethyl adjacent to an activating group) is 1. The van der Waals surface area contributed by atoms with Crippen molar-refractivity contribution in [2.24, 2.45) is 15.9 Å². The van der Waals surface area contributed by atoms with E-state index >= 15 is 0 Å². The summed E-state index contributed by atoms with van der Waals surface area (Å²) in [5.74, 6) is 5.94. The van der Waals surface area contributed by atoms with Crippen LogP contribution in [0.1, 0.15) is 42.6 Å². The molecule has 2 saturated heterocycles. The number of aliphatic imine (C=N–C) groups is 1. The molecule has 2 fully saturated rings. The number of nitrogens with zero attached hydrogens (tertiary/aromatic N) is 8. The first kappa shape index (κ1) is 27.6. The number of fused-ring (bicyclic) bond motifs is 1. The SMILES string of the molecule is CC(=NC1CCN(C2COC2)CC1)/C(=N\N)c1cc(OCC(c2ccc(F)cn2)N(C)C)c2c(C#N)cnn2c1. The van der Waals surface area contributed by atoms with Crippen molar-refractivity contribution in [3.63, 3.8) is 0 Å². The van der Waals surface area contributed by atoms with Gasteiger partial charge in [-0.25, -0.2) is 8.91 Å². The van der Waals surface area contributed by atoms with E-state index in [0.717, 1.165) is 44.9 Å². The van der Waals surface area contributed by atoms with Crippen LogP contribution in [0.25, 0.3) is 5.52 Å². The predicted molar refractivity (Wildman–Crippen MR) is 149 cm³/mol. The molecule has 5 rings (SSSR count). The first-order valence-electron chi connectivity index (χ1n) is 13.3. The summed E-state index contributed by atoms with van der Waals surface area (Å²) in [6.45, 7) is 5.74. The molecule has 0 amide bonds. The second-order valence-corrected chi connectivity index (χ2v) is 10.4. The number of nitriles is 1. The first-order valence-corrected chi connectivity index (χ1v) is 13.3. The summed E-state index contributed by atoms with van der Waals surface area (Å²) in [7, 11) is 3.79. The fourth-order valence-electron chi connectivity index (χ4n) is 5.18. The minimum atomic E-state index is -0.404. The molecule has 40 heavy (non-hydrogen) atoms. The fraction of sp³-hybridized carbons (Fsp3) is 0.464. The first-order chi connectivity index (χ1) is 19.4. The minimum absolute atomic E-state index is 0.187. The molecule has 0 radical (unpaired) electrons. The van der Waals surface area contributed by atoms with Crippen molar-refractivity contribution in [3.05, 3.63) is 59.4 Å². The van der Waals surface area contributed by atoms with E-state index in [2.05, 4.69) is 26.2 Å². The van der Waals surface area contributed by atoms with Crippen molar-refractivity contribution < 1.29 is 13.9 Å². The molecule has 0 saturated carbocycles. The molecule has 3 aromatic rings. The number of hydrogen-bond acceptors (Lipinski definition) is 10. The molecule has 2 N–H and O–H groups in total. The molecule has 0 spiro atoms. The summed E-state index contributed by atoms with van der Waals surface area (Å²) in [6, 6.07) is 7.47. The van der Waals surface area contributed by atoms with Gasteiger partial charge < -0.3 is 15.3 Å². The maximum absolute atomic E-state index is 13.5. The van der Waals surface area contributed by atoms with Crippen LogP contribution in [-0.4, -0.2) is 94.9 Å². The highest BCUT2D eigenvalue weighted by atomic mass is 19.1. The van der Waals surface area contributed by atoms with E-state index in [1.165, 1.54) is 18.5 Å². The number of hydrazone groups is 1. The highest BCUT2D eigenvalue weighted by Gasteiger charge is 2.30. The largest absolute Gasteiger partial charge is 0.489 e. The Kier molecular flexibility index (Phi) is 8.35. The summed E-state index contributed by atoms with van der Waals surface area (Å²) >= 11 is 0. The van der Waals surface area contributed by atoms with Gasteiger partial charge in [-0.2, -0.15) is 15.5 Å². The normalized spacial score (nSPS) is 18.6. The minimum Gasteiger partial charge on any atom is -0.489 e. The van der Waals surface area contributed by atoms with Crippen LogP contribution >= 0.6 is 0 Å². The van der Waals surface area contributed by atoms with Crippen molar-refractivity contribution in [3.8, 4) is 11.8 Å². The second kappa shape index (κ2) is 12.1. The standard InChI is InChI=1S/C28H34FN9O2/c1-18(34-22-6-8-37(9-7-22)23-15-39-16-23)27(35-31)19-10-26(28-20(11-30)12-33-38(28)14-19)40-17-25(36(2)3)24-5-4-21(29)13-32-24/h4-5,10,12-14,22-23,25H,6-9,15-17,31H2,1-3H3/b34-18?,35-27+. The molecule has 1 unspecified atom stereocenters. The Bertz CT molecular complexity index is 1430. The van der Waals surface area contributed by atoms with E-state index in [4.69, 9.17) is 20.3 Å². The van der Waals surface area contributed by atoms with Crippen LogP contribution < -0.4 is 10.6 Å². The molecular formula is C28H34FN9O2. The lowest BCUT2D eigenvalue weighted by Gasteiger charge is -2.40. The highest BCUT2D eigenvalue weighted by Crippen LogP contribution is 2.28. The smallest absolute Gasteiger partial charge is 0.147 e. The molecule has 2 aliphatic heterocycles. The highest BCUT2D eigenvalue weighted by molar-refractivity contribution is 6.47. The van der Waals surface area contributed by atoms with Crippen LogP contribution in [0.2, 0.25) is 0 Å². The quantitative estimate of drug-likeness (QED) is 0.246. The van der Waals surface area contributed by atoms with Crippen molar-refractivity contribution in [1.82, 2.24) is 24.4 Å². The zero-order chi connectivity index (χ0) is 28.2. The van der Waals surface area contributed by atoms with Crippen LogP contribution in [0.5, 0.6) is 5.75 Å². The summed E-state index contributed by atoms with van der Waals surface area (Å²) in [4.78, 5) is 13.6. The number of piperidine rings is 1. The maximum atomic E-state index is 13.5. The summed E-state index contributed by atoms with van der Waals surface area (Å²) in [5.41, 5.74) is 3.50. The second-order valence-electron chi connectivity index (χ2n) is 10.4. The van der Waals surface area contributed by atoms with E-state index in [0.29, 0.717) is 39.8 Å². The lowest BCUT2D eigenvalue weighted by molar-refractivity contribution is -0.0709. The molecular weight excluding hydrogens is 513 g/mol. The van der Waals surface area contributed by atoms with E-state index in [1.807, 2.05) is 32.0 Å². The molecule has 1 atom stereocenters. The van der Waals surface area contributed by atoms with Gasteiger partial charge in [0.2, 0.25) is 0 Å². The molecule has 12 heteroatoms. The maximum Gasteiger partial charge on any atom is 0.147 e. The lowest BCUT2D eigenvalue weighted by atomic mass is 10.0. The number of likely N-dealkylation sites (tertiary alicyclic amines) is 1. The van der Waals surface area contributed by atoms with Gasteiger partial charge in [0.05, 0.1) is 55.1 Å². The zero-order valence-corrected chi connectivity index (χ0v) is 23.0. The van der Waals surface area contributed by atoms with Gasteiger partial charge in [0.25, 0.3) is 0 Å². The van der Waals surface area contributed by atoms with Crippen LogP contribution in [0.15, 0.2) is 46.9 Å². The van der Waals surface area contributed by atoms with Crippen LogP contribution in [0.4, 0.5) is 4.39 Å². The number of hydrogen-bond donors (Lipinski definition) is 1. The molecule has 2 aliphatic rings. The average Bonchev–Trinajstić information content (AvgIpc) is 3.33. The van der Waals surface area contributed by atoms with Crippen molar-refractivity contribution >= 4 is 16.9 Å². The molecule has 0 bridgehead atoms. The third-order valence-corrected chi connectivity index (χ3v) is 7.57. The van der Waals surface area contributed by atoms with E-state index in [-0.39, 0.29) is 18.7 Å². The molecule has 3 aromatic heterocycles. The van der Waals surface area contributed by atoms with E-state index in [9.17, 15) is 9.65 Å². The van der Waals surface area contributed by atoms with Crippen molar-refractivity contribution in [1.29, 1.82) is 5.26 Å². The molecule has 11 nitrogen and oxygen atoms in total. The van der Waals surface area contributed by atoms with Gasteiger partial charge in [-0.05, 0) is 52.1 Å². The van der Waals surface area contributed by atoms with Crippen molar-refractivity contribution in [2.75, 3.05) is 47.0 Å². The lowest BCUT2D eigenvalue weighted by Crippen LogP contribution is -2.52. The molecule has 5 heterocycles. The Balaban J connectivity index is 1.40. The Hall–Kier alpha value is -3.92. The van der Waals surface area contributed by atoms with Crippen LogP contribution in [0, 0.1) is 17.1 Å². The van der Waals surface area contributed by atoms with E-state index < -0.39 is 5.82 Å². The Labute approximate surface area is 232 Å². The third-order valence-electron chi connectivity index (χ3n) is 7.57. The summed E-state index contributed by atoms with van der Waals surface area (Å²) in [6.07, 6.45) is 6.39. The number of aromatic nitrogens is 3. The number of ether oxygens (including phenoxy) is 2. The number of nitrogens with two attached hydrogens (primary N) is 1. The van der Waals surface area contributed by atoms with E-state index in [1.54, 1.807) is 16.8 Å². The Morgan fingerprint density at radius 1 is 1.30 bits per heavy atom. The molecule has 0 aliphatic carbocycles. The fourth-order valence-corrected chi connectivity index (χ4v) is 5.18. The zero-order valence-electron chi connectivity index (χ0n) is 23.0.